The second-order valence-corrected chi connectivity index (χ2v) is 6.27. The molecule has 0 aromatic carbocycles. The van der Waals surface area contributed by atoms with Crippen LogP contribution < -0.4 is 5.32 Å². The zero-order valence-corrected chi connectivity index (χ0v) is 13.7. The predicted octanol–water partition coefficient (Wildman–Crippen LogP) is 2.66. The van der Waals surface area contributed by atoms with Gasteiger partial charge in [-0.3, -0.25) is 4.68 Å². The van der Waals surface area contributed by atoms with Gasteiger partial charge in [0.1, 0.15) is 0 Å². The Hall–Kier alpha value is -0.870. The molecule has 0 radical (unpaired) electrons. The SMILES string of the molecule is CC(C)CNCCCCCCN(C)Cc1cnn(C)c1. The van der Waals surface area contributed by atoms with Crippen LogP contribution in [-0.2, 0) is 13.6 Å². The van der Waals surface area contributed by atoms with E-state index < -0.39 is 0 Å². The minimum Gasteiger partial charge on any atom is -0.316 e. The highest BCUT2D eigenvalue weighted by molar-refractivity contribution is 5.02. The molecule has 0 unspecified atom stereocenters. The highest BCUT2D eigenvalue weighted by Gasteiger charge is 2.02. The Bertz CT molecular complexity index is 346. The second-order valence-electron chi connectivity index (χ2n) is 6.27. The zero-order chi connectivity index (χ0) is 14.8. The molecule has 4 nitrogen and oxygen atoms in total. The van der Waals surface area contributed by atoms with E-state index in [2.05, 4.69) is 42.4 Å². The first-order valence-electron chi connectivity index (χ1n) is 7.94. The molecule has 0 saturated heterocycles. The van der Waals surface area contributed by atoms with E-state index in [0.717, 1.165) is 19.0 Å². The molecule has 0 saturated carbocycles. The summed E-state index contributed by atoms with van der Waals surface area (Å²) >= 11 is 0. The van der Waals surface area contributed by atoms with E-state index in [9.17, 15) is 0 Å². The monoisotopic (exact) mass is 280 g/mol. The van der Waals surface area contributed by atoms with E-state index in [4.69, 9.17) is 0 Å². The van der Waals surface area contributed by atoms with Gasteiger partial charge in [0.05, 0.1) is 6.20 Å². The fourth-order valence-corrected chi connectivity index (χ4v) is 2.32. The molecule has 0 bridgehead atoms. The molecule has 116 valence electrons. The van der Waals surface area contributed by atoms with Gasteiger partial charge in [0.25, 0.3) is 0 Å². The highest BCUT2D eigenvalue weighted by Crippen LogP contribution is 2.05. The van der Waals surface area contributed by atoms with Crippen molar-refractivity contribution in [3.05, 3.63) is 18.0 Å². The smallest absolute Gasteiger partial charge is 0.0534 e. The molecular formula is C16H32N4. The first-order valence-corrected chi connectivity index (χ1v) is 7.94. The van der Waals surface area contributed by atoms with Crippen molar-refractivity contribution >= 4 is 0 Å². The largest absolute Gasteiger partial charge is 0.316 e. The van der Waals surface area contributed by atoms with Crippen LogP contribution in [0.2, 0.25) is 0 Å². The fourth-order valence-electron chi connectivity index (χ4n) is 2.32. The van der Waals surface area contributed by atoms with Crippen molar-refractivity contribution in [2.45, 2.75) is 46.1 Å². The zero-order valence-electron chi connectivity index (χ0n) is 13.7. The molecular weight excluding hydrogens is 248 g/mol. The molecule has 0 atom stereocenters. The average molecular weight is 280 g/mol. The van der Waals surface area contributed by atoms with E-state index in [-0.39, 0.29) is 0 Å². The summed E-state index contributed by atoms with van der Waals surface area (Å²) in [5, 5.41) is 7.70. The molecule has 1 rings (SSSR count). The molecule has 4 heteroatoms. The third kappa shape index (κ3) is 8.33. The first kappa shape index (κ1) is 17.2. The van der Waals surface area contributed by atoms with Gasteiger partial charge in [-0.1, -0.05) is 26.7 Å². The maximum absolute atomic E-state index is 4.20. The van der Waals surface area contributed by atoms with Crippen molar-refractivity contribution in [1.29, 1.82) is 0 Å². The summed E-state index contributed by atoms with van der Waals surface area (Å²) in [5.41, 5.74) is 1.30. The van der Waals surface area contributed by atoms with Crippen molar-refractivity contribution < 1.29 is 0 Å². The Labute approximate surface area is 124 Å². The first-order chi connectivity index (χ1) is 9.58. The van der Waals surface area contributed by atoms with Crippen LogP contribution >= 0.6 is 0 Å². The lowest BCUT2D eigenvalue weighted by Crippen LogP contribution is -2.21. The Balaban J connectivity index is 1.93. The Morgan fingerprint density at radius 2 is 2.00 bits per heavy atom. The average Bonchev–Trinajstić information content (AvgIpc) is 2.77. The van der Waals surface area contributed by atoms with E-state index in [0.29, 0.717) is 0 Å². The summed E-state index contributed by atoms with van der Waals surface area (Å²) in [6, 6.07) is 0. The van der Waals surface area contributed by atoms with E-state index in [1.165, 1.54) is 44.3 Å². The van der Waals surface area contributed by atoms with Crippen molar-refractivity contribution in [3.8, 4) is 0 Å². The van der Waals surface area contributed by atoms with Crippen LogP contribution in [0.4, 0.5) is 0 Å². The number of aryl methyl sites for hydroxylation is 1. The van der Waals surface area contributed by atoms with Crippen LogP contribution in [0.5, 0.6) is 0 Å². The summed E-state index contributed by atoms with van der Waals surface area (Å²) < 4.78 is 1.87. The van der Waals surface area contributed by atoms with Crippen LogP contribution in [0.1, 0.15) is 45.1 Å². The van der Waals surface area contributed by atoms with Gasteiger partial charge in [-0.2, -0.15) is 5.10 Å². The third-order valence-electron chi connectivity index (χ3n) is 3.41. The van der Waals surface area contributed by atoms with Gasteiger partial charge in [-0.15, -0.1) is 0 Å². The Morgan fingerprint density at radius 1 is 1.25 bits per heavy atom. The van der Waals surface area contributed by atoms with E-state index >= 15 is 0 Å². The molecule has 1 N–H and O–H groups in total. The summed E-state index contributed by atoms with van der Waals surface area (Å²) in [6.07, 6.45) is 9.32. The number of hydrogen-bond donors (Lipinski definition) is 1. The number of nitrogens with one attached hydrogen (secondary N) is 1. The number of nitrogens with zero attached hydrogens (tertiary/aromatic N) is 3. The van der Waals surface area contributed by atoms with Crippen molar-refractivity contribution in [1.82, 2.24) is 20.0 Å². The van der Waals surface area contributed by atoms with Gasteiger partial charge < -0.3 is 10.2 Å². The highest BCUT2D eigenvalue weighted by atomic mass is 15.2. The molecule has 0 aliphatic carbocycles. The van der Waals surface area contributed by atoms with Crippen LogP contribution in [0.15, 0.2) is 12.4 Å². The fraction of sp³-hybridized carbons (Fsp3) is 0.812. The van der Waals surface area contributed by atoms with E-state index in [1.54, 1.807) is 0 Å². The maximum atomic E-state index is 4.20. The van der Waals surface area contributed by atoms with Crippen molar-refractivity contribution in [3.63, 3.8) is 0 Å². The lowest BCUT2D eigenvalue weighted by atomic mass is 10.1. The summed E-state index contributed by atoms with van der Waals surface area (Å²) in [7, 11) is 4.16. The van der Waals surface area contributed by atoms with Gasteiger partial charge in [-0.25, -0.2) is 0 Å². The topological polar surface area (TPSA) is 33.1 Å². The summed E-state index contributed by atoms with van der Waals surface area (Å²) in [6.45, 7) is 9.01. The summed E-state index contributed by atoms with van der Waals surface area (Å²) in [4.78, 5) is 2.38. The lowest BCUT2D eigenvalue weighted by molar-refractivity contribution is 0.316. The summed E-state index contributed by atoms with van der Waals surface area (Å²) in [5.74, 6) is 0.760. The lowest BCUT2D eigenvalue weighted by Gasteiger charge is -2.15. The van der Waals surface area contributed by atoms with Crippen molar-refractivity contribution in [2.75, 3.05) is 26.7 Å². The molecule has 0 fully saturated rings. The number of rotatable bonds is 11. The molecule has 20 heavy (non-hydrogen) atoms. The minimum absolute atomic E-state index is 0.760. The Kier molecular flexibility index (Phi) is 8.54. The standard InChI is InChI=1S/C16H32N4/c1-15(2)11-17-9-7-5-6-8-10-19(3)13-16-12-18-20(4)14-16/h12,14-15,17H,5-11,13H2,1-4H3. The van der Waals surface area contributed by atoms with Gasteiger partial charge in [0.2, 0.25) is 0 Å². The molecule has 1 aromatic heterocycles. The molecule has 1 heterocycles. The van der Waals surface area contributed by atoms with E-state index in [1.807, 2.05) is 17.9 Å². The molecule has 0 aliphatic rings. The van der Waals surface area contributed by atoms with Crippen LogP contribution in [0, 0.1) is 5.92 Å². The molecule has 0 aliphatic heterocycles. The number of aromatic nitrogens is 2. The number of unbranched alkanes of at least 4 members (excludes halogenated alkanes) is 3. The molecule has 1 aromatic rings. The minimum atomic E-state index is 0.760. The maximum Gasteiger partial charge on any atom is 0.0534 e. The van der Waals surface area contributed by atoms with Gasteiger partial charge in [-0.05, 0) is 45.4 Å². The predicted molar refractivity (Wildman–Crippen MR) is 85.7 cm³/mol. The van der Waals surface area contributed by atoms with Crippen LogP contribution in [0.25, 0.3) is 0 Å². The van der Waals surface area contributed by atoms with Crippen molar-refractivity contribution in [2.24, 2.45) is 13.0 Å². The molecule has 0 spiro atoms. The van der Waals surface area contributed by atoms with Crippen LogP contribution in [0.3, 0.4) is 0 Å². The normalized spacial score (nSPS) is 11.7. The second kappa shape index (κ2) is 9.94. The quantitative estimate of drug-likeness (QED) is 0.633. The van der Waals surface area contributed by atoms with Gasteiger partial charge in [0, 0.05) is 25.4 Å². The van der Waals surface area contributed by atoms with Gasteiger partial charge >= 0.3 is 0 Å². The number of hydrogen-bond acceptors (Lipinski definition) is 3. The Morgan fingerprint density at radius 3 is 2.65 bits per heavy atom. The van der Waals surface area contributed by atoms with Crippen LogP contribution in [-0.4, -0.2) is 41.4 Å². The molecule has 0 amide bonds. The third-order valence-corrected chi connectivity index (χ3v) is 3.41. The van der Waals surface area contributed by atoms with Gasteiger partial charge in [0.15, 0.2) is 0 Å².